The maximum absolute atomic E-state index is 11.8. The summed E-state index contributed by atoms with van der Waals surface area (Å²) >= 11 is 0. The van der Waals surface area contributed by atoms with Gasteiger partial charge >= 0.3 is 0 Å². The molecule has 18 N–H and O–H groups in total. The molecule has 0 saturated carbocycles. The fourth-order valence-electron chi connectivity index (χ4n) is 10.8. The van der Waals surface area contributed by atoms with Gasteiger partial charge in [0.15, 0.2) is 12.1 Å². The highest BCUT2D eigenvalue weighted by molar-refractivity contribution is 6.03. The van der Waals surface area contributed by atoms with Crippen LogP contribution in [0.4, 0.5) is 0 Å². The number of allylic oxidation sites excluding steroid dienone is 17. The zero-order valence-corrected chi connectivity index (χ0v) is 59.0. The van der Waals surface area contributed by atoms with E-state index in [1.807, 2.05) is 119 Å². The summed E-state index contributed by atoms with van der Waals surface area (Å²) in [6, 6.07) is 9.52. The minimum absolute atomic E-state index is 0.00621. The van der Waals surface area contributed by atoms with Crippen molar-refractivity contribution in [3.63, 3.8) is 0 Å². The van der Waals surface area contributed by atoms with Crippen LogP contribution >= 0.6 is 0 Å². The molecule has 1 aliphatic heterocycles. The number of hydrogen-bond acceptors (Lipinski definition) is 21. The molecule has 100 heavy (non-hydrogen) atoms. The van der Waals surface area contributed by atoms with E-state index in [4.69, 9.17) is 20.2 Å². The molecule has 1 aliphatic carbocycles. The van der Waals surface area contributed by atoms with Crippen LogP contribution in [0.3, 0.4) is 0 Å². The van der Waals surface area contributed by atoms with Gasteiger partial charge in [-0.15, -0.1) is 0 Å². The number of carbonyl (C=O) groups excluding carboxylic acids is 2. The number of benzene rings is 1. The zero-order valence-electron chi connectivity index (χ0n) is 59.0. The monoisotopic (exact) mass is 1400 g/mol. The average Bonchev–Trinajstić information content (AvgIpc) is 0.939. The van der Waals surface area contributed by atoms with Crippen LogP contribution in [-0.2, 0) is 25.6 Å². The molecule has 2 aliphatic rings. The van der Waals surface area contributed by atoms with Crippen LogP contribution in [-0.4, -0.2) is 204 Å². The van der Waals surface area contributed by atoms with E-state index >= 15 is 0 Å². The van der Waals surface area contributed by atoms with Crippen LogP contribution in [0.15, 0.2) is 193 Å². The van der Waals surface area contributed by atoms with Crippen LogP contribution in [0.5, 0.6) is 0 Å². The van der Waals surface area contributed by atoms with Crippen molar-refractivity contribution in [3.05, 3.63) is 194 Å². The van der Waals surface area contributed by atoms with Crippen LogP contribution in [0.2, 0.25) is 0 Å². The third-order valence-electron chi connectivity index (χ3n) is 16.8. The lowest BCUT2D eigenvalue weighted by molar-refractivity contribution is -0.305. The quantitative estimate of drug-likeness (QED) is 0.0106. The summed E-state index contributed by atoms with van der Waals surface area (Å²) in [5, 5.41) is 158. The Labute approximate surface area is 592 Å². The number of carbonyl (C=O) groups is 2. The number of rotatable bonds is 47. The lowest BCUT2D eigenvalue weighted by Gasteiger charge is -2.41. The van der Waals surface area contributed by atoms with E-state index in [-0.39, 0.29) is 99.7 Å². The zero-order chi connectivity index (χ0) is 74.4. The van der Waals surface area contributed by atoms with E-state index in [1.54, 1.807) is 61.6 Å². The van der Waals surface area contributed by atoms with E-state index < -0.39 is 116 Å². The number of aliphatic hydroxyl groups excluding tert-OH is 15. The van der Waals surface area contributed by atoms with Crippen LogP contribution in [0.1, 0.15) is 143 Å². The summed E-state index contributed by atoms with van der Waals surface area (Å²) in [6.45, 7) is 13.4. The molecule has 0 aromatic heterocycles. The number of nitrogens with one attached hydrogen (secondary N) is 1. The van der Waals surface area contributed by atoms with Gasteiger partial charge in [-0.1, -0.05) is 191 Å². The first kappa shape index (κ1) is 89.9. The number of aliphatic hydroxyl groups is 15. The smallest absolute Gasteiger partial charge is 0.248 e. The molecule has 20 unspecified atom stereocenters. The highest BCUT2D eigenvalue weighted by Crippen LogP contribution is 2.29. The fourth-order valence-corrected chi connectivity index (χ4v) is 10.8. The van der Waals surface area contributed by atoms with Crippen molar-refractivity contribution in [2.45, 2.75) is 248 Å². The molecular formula is C78H119N3O19. The maximum atomic E-state index is 11.8. The molecule has 1 amide bonds. The van der Waals surface area contributed by atoms with Gasteiger partial charge in [-0.3, -0.25) is 14.6 Å². The molecule has 1 heterocycles. The molecule has 560 valence electrons. The Morgan fingerprint density at radius 3 is 1.83 bits per heavy atom. The van der Waals surface area contributed by atoms with Gasteiger partial charge in [0, 0.05) is 61.6 Å². The number of ether oxygens (including phenoxy) is 2. The van der Waals surface area contributed by atoms with Crippen molar-refractivity contribution in [1.29, 1.82) is 0 Å². The Bertz CT molecular complexity index is 2850. The Morgan fingerprint density at radius 1 is 0.650 bits per heavy atom. The summed E-state index contributed by atoms with van der Waals surface area (Å²) < 4.78 is 12.0. The number of unbranched alkanes of at least 4 members (excludes halogenated alkanes) is 1. The summed E-state index contributed by atoms with van der Waals surface area (Å²) in [5.41, 5.74) is 6.93. The van der Waals surface area contributed by atoms with Crippen molar-refractivity contribution < 1.29 is 95.7 Å². The minimum atomic E-state index is -1.52. The van der Waals surface area contributed by atoms with E-state index in [2.05, 4.69) is 11.9 Å². The first-order chi connectivity index (χ1) is 47.7. The second kappa shape index (κ2) is 52.7. The number of hydrogen-bond donors (Lipinski definition) is 17. The highest BCUT2D eigenvalue weighted by atomic mass is 16.7. The van der Waals surface area contributed by atoms with Crippen LogP contribution < -0.4 is 11.1 Å². The molecule has 0 bridgehead atoms. The van der Waals surface area contributed by atoms with E-state index in [9.17, 15) is 86.2 Å². The van der Waals surface area contributed by atoms with Crippen LogP contribution in [0, 0.1) is 17.8 Å². The third-order valence-corrected chi connectivity index (χ3v) is 16.8. The summed E-state index contributed by atoms with van der Waals surface area (Å²) in [4.78, 5) is 28.1. The number of nitrogens with zero attached hydrogens (tertiary/aromatic N) is 1. The van der Waals surface area contributed by atoms with Crippen molar-refractivity contribution >= 4 is 17.4 Å². The number of nitrogens with two attached hydrogens (primary N) is 1. The van der Waals surface area contributed by atoms with Crippen molar-refractivity contribution in [1.82, 2.24) is 5.32 Å². The molecule has 22 heteroatoms. The predicted molar refractivity (Wildman–Crippen MR) is 391 cm³/mol. The largest absolute Gasteiger partial charge is 0.510 e. The van der Waals surface area contributed by atoms with E-state index in [0.29, 0.717) is 38.1 Å². The van der Waals surface area contributed by atoms with Gasteiger partial charge in [-0.25, -0.2) is 0 Å². The highest BCUT2D eigenvalue weighted by Gasteiger charge is 2.44. The van der Waals surface area contributed by atoms with Gasteiger partial charge in [0.2, 0.25) is 5.91 Å². The van der Waals surface area contributed by atoms with Gasteiger partial charge in [0.25, 0.3) is 0 Å². The lowest BCUT2D eigenvalue weighted by atomic mass is 9.88. The Balaban J connectivity index is 0.000000797. The summed E-state index contributed by atoms with van der Waals surface area (Å²) in [5.74, 6) is -1.61. The Morgan fingerprint density at radius 2 is 1.22 bits per heavy atom. The molecular weight excluding hydrogens is 1280 g/mol. The SMILES string of the molecule is C/C=C/C=C/CC(OC1OC(C)C(O)C(O)C1O)C(C)C(CC(O)CC(O)CC(O)/C=C/CC(O)CC(O)CC(O)CC(O)/C=C/CC(O)CC(O)CCCN)=NCc1ccccc1.C=C/C=C/C=C/C(O)C(C)C(O)C(C)/C=C/CC/C=C/C=C/C=C/C=C/C(=O)NC1=C(O)CCC1=O. The topological polar surface area (TPSA) is 406 Å². The number of amides is 1. The molecule has 0 spiro atoms. The normalized spacial score (nSPS) is 23.0. The Kier molecular flexibility index (Phi) is 47.3. The third kappa shape index (κ3) is 39.3. The van der Waals surface area contributed by atoms with Gasteiger partial charge in [-0.05, 0) is 96.6 Å². The van der Waals surface area contributed by atoms with Gasteiger partial charge in [0.1, 0.15) is 29.8 Å². The van der Waals surface area contributed by atoms with Crippen molar-refractivity contribution in [2.24, 2.45) is 28.5 Å². The number of ketones is 1. The molecule has 1 fully saturated rings. The first-order valence-corrected chi connectivity index (χ1v) is 35.0. The summed E-state index contributed by atoms with van der Waals surface area (Å²) in [7, 11) is 0. The molecule has 1 saturated heterocycles. The molecule has 20 atom stereocenters. The summed E-state index contributed by atoms with van der Waals surface area (Å²) in [6.07, 6.45) is 26.5. The first-order valence-electron chi connectivity index (χ1n) is 35.0. The lowest BCUT2D eigenvalue weighted by Crippen LogP contribution is -2.58. The van der Waals surface area contributed by atoms with Crippen molar-refractivity contribution in [3.8, 4) is 0 Å². The van der Waals surface area contributed by atoms with Gasteiger partial charge < -0.3 is 97.1 Å². The molecule has 0 radical (unpaired) electrons. The minimum Gasteiger partial charge on any atom is -0.510 e. The predicted octanol–water partition coefficient (Wildman–Crippen LogP) is 6.70. The van der Waals surface area contributed by atoms with Gasteiger partial charge in [-0.2, -0.15) is 0 Å². The standard InChI is InChI=1S/C48H80N2O14.C30H39NO5/c1-4-5-6-10-21-44(64-48-47(62)46(61)45(60)32(3)63-48)31(2)43(50-30-33-14-8-7-9-15-33)29-42(59)28-41(58)26-37(54)19-12-18-36(53)25-40(57)27-39(56)24-35(52)17-11-16-34(51)23-38(55)20-13-22-49;1-4-5-6-16-19-25(32)24(3)30(36)23(2)18-15-13-11-9-7-8-10-12-14-17-20-28(35)31-29-26(33)21-22-27(29)34/h4-12,14-15,17,19,31-32,34-42,44-48,51-62H,13,16,18,20-30,49H2,1-3H3;4-10,12,14-20,23-25,30,32-33,36H,1,11,13,21-22H2,2-3H3,(H,31,35)/b5-4+,10-6+,17-11+,19-12+,50-43?;6-5+,9-7+,10-8+,14-12+,18-15+,19-16+,20-17+. The van der Waals surface area contributed by atoms with Gasteiger partial charge in [0.05, 0.1) is 85.9 Å². The molecule has 1 aromatic carbocycles. The van der Waals surface area contributed by atoms with E-state index in [1.165, 1.54) is 24.3 Å². The van der Waals surface area contributed by atoms with Crippen LogP contribution in [0.25, 0.3) is 0 Å². The average molecular weight is 1400 g/mol. The fraction of sp³-hybridized carbons (Fsp3) is 0.551. The maximum Gasteiger partial charge on any atom is 0.248 e. The molecule has 3 rings (SSSR count). The second-order valence-corrected chi connectivity index (χ2v) is 25.7. The Hall–Kier alpha value is -6.23. The molecule has 22 nitrogen and oxygen atoms in total. The molecule has 1 aromatic rings. The van der Waals surface area contributed by atoms with E-state index in [0.717, 1.165) is 18.4 Å². The number of aliphatic imine (C=N–C) groups is 1. The number of Topliss-reactive ketones (excluding diaryl/α,β-unsaturated/α-hetero) is 1. The second-order valence-electron chi connectivity index (χ2n) is 25.7. The van der Waals surface area contributed by atoms with Crippen molar-refractivity contribution in [2.75, 3.05) is 6.54 Å².